The van der Waals surface area contributed by atoms with Gasteiger partial charge in [-0.15, -0.1) is 0 Å². The van der Waals surface area contributed by atoms with Crippen molar-refractivity contribution < 1.29 is 4.90 Å². The van der Waals surface area contributed by atoms with E-state index in [0.717, 1.165) is 0 Å². The molecule has 1 N–H and O–H groups in total. The molecular formula is C57H65B2NS. The summed E-state index contributed by atoms with van der Waals surface area (Å²) in [6, 6.07) is 87.1. The Balaban J connectivity index is 0.000000186. The van der Waals surface area contributed by atoms with E-state index in [-0.39, 0.29) is 0 Å². The topological polar surface area (TPSA) is 4.44 Å². The highest BCUT2D eigenvalue weighted by Gasteiger charge is 2.32. The second kappa shape index (κ2) is 24.5. The molecule has 0 radical (unpaired) electrons. The lowest BCUT2D eigenvalue weighted by molar-refractivity contribution is -0.894. The maximum absolute atomic E-state index is 2.26. The summed E-state index contributed by atoms with van der Waals surface area (Å²) in [6.45, 7) is 10.5. The first-order chi connectivity index (χ1) is 29.9. The number of hydrogen-bond acceptors (Lipinski definition) is 0. The molecule has 0 heterocycles. The molecule has 0 atom stereocenters. The van der Waals surface area contributed by atoms with Crippen LogP contribution in [0.1, 0.15) is 20.8 Å². The Bertz CT molecular complexity index is 1830. The standard InChI is InChI=1S/2C24H20B.C6H15N.C3H9S/c2*1-5-13-21(14-6-1)25(22-15-7-2-8-16-22,23-17-9-3-10-18-23)24-19-11-4-12-20-24;1-4-7(5-2)6-3;1-4(2)3/h2*1-20H;4-6H2,1-3H3;1-3H3/q2*-1;;+1/p+1. The normalized spacial score (nSPS) is 11.0. The lowest BCUT2D eigenvalue weighted by Gasteiger charge is -2.44. The SMILES string of the molecule is CC[NH+](CC)CC.C[S+](C)C.c1ccc([B-](c2ccccc2)(c2ccccc2)c2ccccc2)cc1.c1ccc([B-](c2ccccc2)(c2ccccc2)c2ccccc2)cc1. The largest absolute Gasteiger partial charge is 0.336 e. The lowest BCUT2D eigenvalue weighted by atomic mass is 9.13. The van der Waals surface area contributed by atoms with E-state index in [9.17, 15) is 0 Å². The fourth-order valence-electron chi connectivity index (χ4n) is 8.99. The van der Waals surface area contributed by atoms with E-state index in [1.54, 1.807) is 4.90 Å². The summed E-state index contributed by atoms with van der Waals surface area (Å²) in [4.78, 5) is 1.68. The Labute approximate surface area is 371 Å². The summed E-state index contributed by atoms with van der Waals surface area (Å²) in [5.41, 5.74) is 10.7. The van der Waals surface area contributed by atoms with Crippen LogP contribution in [0.4, 0.5) is 0 Å². The van der Waals surface area contributed by atoms with Crippen LogP contribution < -0.4 is 48.6 Å². The third-order valence-corrected chi connectivity index (χ3v) is 11.9. The van der Waals surface area contributed by atoms with Crippen LogP contribution in [-0.4, -0.2) is 50.7 Å². The van der Waals surface area contributed by atoms with Crippen LogP contribution >= 0.6 is 0 Å². The van der Waals surface area contributed by atoms with Crippen LogP contribution in [0, 0.1) is 0 Å². The van der Waals surface area contributed by atoms with Gasteiger partial charge in [0.15, 0.2) is 0 Å². The highest BCUT2D eigenvalue weighted by Crippen LogP contribution is 2.11. The molecule has 0 saturated carbocycles. The van der Waals surface area contributed by atoms with Gasteiger partial charge in [-0.05, 0) is 31.7 Å². The molecule has 1 nitrogen and oxygen atoms in total. The summed E-state index contributed by atoms with van der Waals surface area (Å²) < 4.78 is 0. The van der Waals surface area contributed by atoms with Crippen LogP contribution in [0.15, 0.2) is 243 Å². The van der Waals surface area contributed by atoms with Gasteiger partial charge in [-0.25, -0.2) is 0 Å². The van der Waals surface area contributed by atoms with Crippen molar-refractivity contribution in [3.8, 4) is 0 Å². The van der Waals surface area contributed by atoms with Crippen molar-refractivity contribution in [1.82, 2.24) is 0 Å². The predicted octanol–water partition coefficient (Wildman–Crippen LogP) is 6.55. The smallest absolute Gasteiger partial charge is 0.108 e. The van der Waals surface area contributed by atoms with Crippen LogP contribution in [0.5, 0.6) is 0 Å². The molecule has 0 aliphatic carbocycles. The van der Waals surface area contributed by atoms with Crippen LogP contribution in [0.3, 0.4) is 0 Å². The molecule has 0 fully saturated rings. The molecular weight excluding hydrogens is 752 g/mol. The first-order valence-corrected chi connectivity index (χ1v) is 24.5. The number of rotatable bonds is 11. The van der Waals surface area contributed by atoms with E-state index in [4.69, 9.17) is 0 Å². The van der Waals surface area contributed by atoms with Crippen LogP contribution in [0.2, 0.25) is 0 Å². The molecule has 8 aromatic rings. The number of hydrogen-bond donors (Lipinski definition) is 1. The highest BCUT2D eigenvalue weighted by molar-refractivity contribution is 7.94. The predicted molar refractivity (Wildman–Crippen MR) is 278 cm³/mol. The minimum absolute atomic E-state index is 0.639. The number of quaternary nitrogens is 1. The Morgan fingerprint density at radius 3 is 0.459 bits per heavy atom. The Hall–Kier alpha value is -5.80. The van der Waals surface area contributed by atoms with Crippen molar-refractivity contribution in [1.29, 1.82) is 0 Å². The first kappa shape index (κ1) is 46.3. The van der Waals surface area contributed by atoms with Gasteiger partial charge in [0.05, 0.1) is 38.4 Å². The zero-order valence-electron chi connectivity index (χ0n) is 37.3. The molecule has 0 amide bonds. The van der Waals surface area contributed by atoms with Gasteiger partial charge in [0, 0.05) is 0 Å². The second-order valence-corrected chi connectivity index (χ2v) is 18.5. The second-order valence-electron chi connectivity index (χ2n) is 16.1. The van der Waals surface area contributed by atoms with Gasteiger partial charge in [-0.3, -0.25) is 0 Å². The van der Waals surface area contributed by atoms with Crippen molar-refractivity contribution in [3.63, 3.8) is 0 Å². The van der Waals surface area contributed by atoms with Crippen molar-refractivity contribution in [2.24, 2.45) is 0 Å². The highest BCUT2D eigenvalue weighted by atomic mass is 32.2. The molecule has 8 rings (SSSR count). The van der Waals surface area contributed by atoms with E-state index in [1.165, 1.54) is 63.3 Å². The van der Waals surface area contributed by atoms with Gasteiger partial charge >= 0.3 is 0 Å². The zero-order chi connectivity index (χ0) is 43.2. The summed E-state index contributed by atoms with van der Waals surface area (Å²) in [7, 11) is 0.639. The minimum atomic E-state index is -1.22. The van der Waals surface area contributed by atoms with E-state index in [0.29, 0.717) is 10.9 Å². The third-order valence-electron chi connectivity index (χ3n) is 11.9. The van der Waals surface area contributed by atoms with Gasteiger partial charge in [0.2, 0.25) is 0 Å². The van der Waals surface area contributed by atoms with Gasteiger partial charge in [0.25, 0.3) is 0 Å². The molecule has 0 spiro atoms. The lowest BCUT2D eigenvalue weighted by Crippen LogP contribution is -3.11. The third kappa shape index (κ3) is 11.7. The Kier molecular flexibility index (Phi) is 18.5. The molecule has 0 bridgehead atoms. The minimum Gasteiger partial charge on any atom is -0.336 e. The van der Waals surface area contributed by atoms with Gasteiger partial charge < -0.3 is 4.90 Å². The maximum atomic E-state index is 2.26. The molecule has 310 valence electrons. The summed E-state index contributed by atoms with van der Waals surface area (Å²) in [5, 5.41) is 0. The fourth-order valence-corrected chi connectivity index (χ4v) is 8.99. The van der Waals surface area contributed by atoms with Gasteiger partial charge in [0.1, 0.15) is 12.3 Å². The quantitative estimate of drug-likeness (QED) is 0.112. The van der Waals surface area contributed by atoms with Crippen LogP contribution in [-0.2, 0) is 10.9 Å². The fraction of sp³-hybridized carbons (Fsp3) is 0.158. The molecule has 0 saturated heterocycles. The molecule has 0 unspecified atom stereocenters. The maximum Gasteiger partial charge on any atom is 0.108 e. The monoisotopic (exact) mass is 818 g/mol. The Morgan fingerprint density at radius 1 is 0.262 bits per heavy atom. The summed E-state index contributed by atoms with van der Waals surface area (Å²) >= 11 is 0. The van der Waals surface area contributed by atoms with Crippen molar-refractivity contribution in [2.75, 3.05) is 38.4 Å². The summed E-state index contributed by atoms with van der Waals surface area (Å²) in [5.74, 6) is 0. The molecule has 4 heteroatoms. The van der Waals surface area contributed by atoms with E-state index >= 15 is 0 Å². The van der Waals surface area contributed by atoms with E-state index in [2.05, 4.69) is 282 Å². The van der Waals surface area contributed by atoms with E-state index in [1.807, 2.05) is 0 Å². The molecule has 61 heavy (non-hydrogen) atoms. The van der Waals surface area contributed by atoms with Crippen molar-refractivity contribution in [2.45, 2.75) is 20.8 Å². The molecule has 0 aliphatic heterocycles. The summed E-state index contributed by atoms with van der Waals surface area (Å²) in [6.07, 6.45) is 4.15. The van der Waals surface area contributed by atoms with Gasteiger partial charge in [-0.1, -0.05) is 243 Å². The van der Waals surface area contributed by atoms with Gasteiger partial charge in [-0.2, -0.15) is 43.7 Å². The Morgan fingerprint density at radius 2 is 0.377 bits per heavy atom. The van der Waals surface area contributed by atoms with E-state index < -0.39 is 12.3 Å². The van der Waals surface area contributed by atoms with Crippen LogP contribution in [0.25, 0.3) is 0 Å². The molecule has 0 aromatic heterocycles. The van der Waals surface area contributed by atoms with Crippen molar-refractivity contribution in [3.05, 3.63) is 243 Å². The number of benzene rings is 8. The average molecular weight is 818 g/mol. The molecule has 0 aliphatic rings. The molecule has 8 aromatic carbocycles. The number of nitrogens with one attached hydrogen (secondary N) is 1. The first-order valence-electron chi connectivity index (χ1n) is 22.0. The average Bonchev–Trinajstić information content (AvgIpc) is 3.33. The van der Waals surface area contributed by atoms with Crippen molar-refractivity contribution >= 4 is 66.9 Å². The zero-order valence-corrected chi connectivity index (χ0v) is 38.1.